The fourth-order valence-corrected chi connectivity index (χ4v) is 3.10. The van der Waals surface area contributed by atoms with E-state index in [9.17, 15) is 4.79 Å². The molecule has 1 aromatic heterocycles. The van der Waals surface area contributed by atoms with Gasteiger partial charge in [0.05, 0.1) is 11.6 Å². The Balaban J connectivity index is 1.90. The molecule has 0 saturated heterocycles. The maximum absolute atomic E-state index is 11.6. The molecular weight excluding hydrogens is 304 g/mol. The minimum Gasteiger partial charge on any atom is -0.300 e. The number of carbonyl (C=O) groups is 1. The van der Waals surface area contributed by atoms with Gasteiger partial charge < -0.3 is 5.32 Å². The third-order valence-electron chi connectivity index (χ3n) is 2.61. The zero-order valence-corrected chi connectivity index (χ0v) is 13.3. The molecule has 1 N–H and O–H groups in total. The molecule has 5 nitrogen and oxygen atoms in total. The Morgan fingerprint density at radius 1 is 1.38 bits per heavy atom. The number of rotatable bonds is 5. The summed E-state index contributed by atoms with van der Waals surface area (Å²) in [5.41, 5.74) is 1.76. The van der Waals surface area contributed by atoms with Crippen molar-refractivity contribution in [3.63, 3.8) is 0 Å². The summed E-state index contributed by atoms with van der Waals surface area (Å²) in [4.78, 5) is 11.6. The standard InChI is InChI=1S/C14H14N4OS2/c1-9(2)12(19)16-13-17-18-14(21-13)20-8-11-5-3-10(7-15)4-6-11/h3-6,9H,8H2,1-2H3,(H,16,17,19). The molecule has 2 rings (SSSR count). The van der Waals surface area contributed by atoms with Gasteiger partial charge in [0.15, 0.2) is 4.34 Å². The van der Waals surface area contributed by atoms with E-state index in [1.165, 1.54) is 11.3 Å². The van der Waals surface area contributed by atoms with Crippen LogP contribution in [0.1, 0.15) is 25.0 Å². The molecule has 0 atom stereocenters. The van der Waals surface area contributed by atoms with Gasteiger partial charge in [-0.1, -0.05) is 49.1 Å². The maximum Gasteiger partial charge on any atom is 0.228 e. The van der Waals surface area contributed by atoms with E-state index in [0.717, 1.165) is 15.7 Å². The molecule has 0 aliphatic heterocycles. The minimum atomic E-state index is -0.0800. The Morgan fingerprint density at radius 2 is 2.10 bits per heavy atom. The van der Waals surface area contributed by atoms with Gasteiger partial charge in [0, 0.05) is 11.7 Å². The average Bonchev–Trinajstić information content (AvgIpc) is 2.93. The number of amides is 1. The fourth-order valence-electron chi connectivity index (χ4n) is 1.39. The van der Waals surface area contributed by atoms with Gasteiger partial charge in [0.2, 0.25) is 11.0 Å². The number of aromatic nitrogens is 2. The molecule has 0 unspecified atom stereocenters. The number of nitrogens with zero attached hydrogens (tertiary/aromatic N) is 3. The number of carbonyl (C=O) groups excluding carboxylic acids is 1. The van der Waals surface area contributed by atoms with E-state index in [0.29, 0.717) is 10.7 Å². The highest BCUT2D eigenvalue weighted by Crippen LogP contribution is 2.28. The van der Waals surface area contributed by atoms with Crippen LogP contribution < -0.4 is 5.32 Å². The second-order valence-electron chi connectivity index (χ2n) is 4.61. The zero-order valence-electron chi connectivity index (χ0n) is 11.7. The van der Waals surface area contributed by atoms with E-state index in [-0.39, 0.29) is 11.8 Å². The monoisotopic (exact) mass is 318 g/mol. The van der Waals surface area contributed by atoms with Gasteiger partial charge in [-0.3, -0.25) is 4.79 Å². The highest BCUT2D eigenvalue weighted by molar-refractivity contribution is 8.00. The van der Waals surface area contributed by atoms with Crippen LogP contribution in [0.3, 0.4) is 0 Å². The zero-order chi connectivity index (χ0) is 15.2. The third-order valence-corrected chi connectivity index (χ3v) is 4.65. The van der Waals surface area contributed by atoms with Gasteiger partial charge in [-0.25, -0.2) is 0 Å². The molecular formula is C14H14N4OS2. The highest BCUT2D eigenvalue weighted by atomic mass is 32.2. The van der Waals surface area contributed by atoms with E-state index in [2.05, 4.69) is 21.6 Å². The summed E-state index contributed by atoms with van der Waals surface area (Å²) in [7, 11) is 0. The molecule has 0 saturated carbocycles. The van der Waals surface area contributed by atoms with Crippen LogP contribution in [0.15, 0.2) is 28.6 Å². The first-order valence-electron chi connectivity index (χ1n) is 6.34. The van der Waals surface area contributed by atoms with E-state index < -0.39 is 0 Å². The van der Waals surface area contributed by atoms with Crippen molar-refractivity contribution in [3.8, 4) is 6.07 Å². The summed E-state index contributed by atoms with van der Waals surface area (Å²) < 4.78 is 0.804. The van der Waals surface area contributed by atoms with Gasteiger partial charge in [-0.2, -0.15) is 5.26 Å². The predicted octanol–water partition coefficient (Wildman–Crippen LogP) is 3.30. The normalized spacial score (nSPS) is 10.4. The minimum absolute atomic E-state index is 0.0604. The van der Waals surface area contributed by atoms with Crippen molar-refractivity contribution >= 4 is 34.1 Å². The average molecular weight is 318 g/mol. The van der Waals surface area contributed by atoms with Crippen molar-refractivity contribution in [2.75, 3.05) is 5.32 Å². The number of nitriles is 1. The van der Waals surface area contributed by atoms with E-state index in [1.54, 1.807) is 23.9 Å². The quantitative estimate of drug-likeness (QED) is 0.676. The van der Waals surface area contributed by atoms with Crippen molar-refractivity contribution in [3.05, 3.63) is 35.4 Å². The lowest BCUT2D eigenvalue weighted by molar-refractivity contribution is -0.118. The fraction of sp³-hybridized carbons (Fsp3) is 0.286. The lowest BCUT2D eigenvalue weighted by Crippen LogP contribution is -2.17. The van der Waals surface area contributed by atoms with Gasteiger partial charge in [-0.15, -0.1) is 10.2 Å². The SMILES string of the molecule is CC(C)C(=O)Nc1nnc(SCc2ccc(C#N)cc2)s1. The van der Waals surface area contributed by atoms with Gasteiger partial charge >= 0.3 is 0 Å². The molecule has 0 aliphatic carbocycles. The first-order chi connectivity index (χ1) is 10.1. The lowest BCUT2D eigenvalue weighted by atomic mass is 10.2. The van der Waals surface area contributed by atoms with E-state index in [4.69, 9.17) is 5.26 Å². The molecule has 1 heterocycles. The van der Waals surface area contributed by atoms with E-state index >= 15 is 0 Å². The predicted molar refractivity (Wildman–Crippen MR) is 84.1 cm³/mol. The van der Waals surface area contributed by atoms with Gasteiger partial charge in [0.25, 0.3) is 0 Å². The maximum atomic E-state index is 11.6. The number of benzene rings is 1. The molecule has 2 aromatic rings. The summed E-state index contributed by atoms with van der Waals surface area (Å²) in [6.45, 7) is 3.66. The molecule has 0 spiro atoms. The molecule has 0 bridgehead atoms. The Labute approximate surface area is 131 Å². The number of hydrogen-bond acceptors (Lipinski definition) is 6. The molecule has 21 heavy (non-hydrogen) atoms. The molecule has 108 valence electrons. The molecule has 0 radical (unpaired) electrons. The Morgan fingerprint density at radius 3 is 2.71 bits per heavy atom. The van der Waals surface area contributed by atoms with Crippen LogP contribution in [-0.4, -0.2) is 16.1 Å². The highest BCUT2D eigenvalue weighted by Gasteiger charge is 2.11. The summed E-state index contributed by atoms with van der Waals surface area (Å²) in [6.07, 6.45) is 0. The molecule has 1 aromatic carbocycles. The van der Waals surface area contributed by atoms with Crippen molar-refractivity contribution in [1.82, 2.24) is 10.2 Å². The lowest BCUT2D eigenvalue weighted by Gasteiger charge is -2.02. The van der Waals surface area contributed by atoms with Gasteiger partial charge in [-0.05, 0) is 17.7 Å². The van der Waals surface area contributed by atoms with E-state index in [1.807, 2.05) is 26.0 Å². The Kier molecular flexibility index (Phi) is 5.31. The molecule has 0 fully saturated rings. The van der Waals surface area contributed by atoms with Crippen LogP contribution >= 0.6 is 23.1 Å². The number of anilines is 1. The summed E-state index contributed by atoms with van der Waals surface area (Å²) in [6, 6.07) is 9.53. The number of hydrogen-bond donors (Lipinski definition) is 1. The summed E-state index contributed by atoms with van der Waals surface area (Å²) in [5, 5.41) is 20.0. The largest absolute Gasteiger partial charge is 0.300 e. The molecule has 1 amide bonds. The van der Waals surface area contributed by atoms with Crippen LogP contribution in [0.5, 0.6) is 0 Å². The Hall–Kier alpha value is -1.91. The first-order valence-corrected chi connectivity index (χ1v) is 8.15. The smallest absolute Gasteiger partial charge is 0.228 e. The second kappa shape index (κ2) is 7.20. The molecule has 0 aliphatic rings. The van der Waals surface area contributed by atoms with Gasteiger partial charge in [0.1, 0.15) is 0 Å². The number of nitrogens with one attached hydrogen (secondary N) is 1. The van der Waals surface area contributed by atoms with Crippen molar-refractivity contribution < 1.29 is 4.79 Å². The first kappa shape index (κ1) is 15.5. The third kappa shape index (κ3) is 4.55. The van der Waals surface area contributed by atoms with Crippen LogP contribution in [-0.2, 0) is 10.5 Å². The van der Waals surface area contributed by atoms with Crippen LogP contribution in [0.25, 0.3) is 0 Å². The summed E-state index contributed by atoms with van der Waals surface area (Å²) in [5.74, 6) is 0.608. The van der Waals surface area contributed by atoms with Crippen molar-refractivity contribution in [1.29, 1.82) is 5.26 Å². The second-order valence-corrected chi connectivity index (χ2v) is 6.81. The topological polar surface area (TPSA) is 78.7 Å². The summed E-state index contributed by atoms with van der Waals surface area (Å²) >= 11 is 2.92. The number of thioether (sulfide) groups is 1. The van der Waals surface area contributed by atoms with Crippen LogP contribution in [0.2, 0.25) is 0 Å². The van der Waals surface area contributed by atoms with Crippen LogP contribution in [0, 0.1) is 17.2 Å². The van der Waals surface area contributed by atoms with Crippen molar-refractivity contribution in [2.45, 2.75) is 23.9 Å². The Bertz CT molecular complexity index is 658. The van der Waals surface area contributed by atoms with Crippen molar-refractivity contribution in [2.24, 2.45) is 5.92 Å². The molecule has 7 heteroatoms. The van der Waals surface area contributed by atoms with Crippen LogP contribution in [0.4, 0.5) is 5.13 Å².